The molecule has 1 aromatic carbocycles. The quantitative estimate of drug-likeness (QED) is 0.785. The van der Waals surface area contributed by atoms with Gasteiger partial charge < -0.3 is 15.4 Å². The summed E-state index contributed by atoms with van der Waals surface area (Å²) in [6, 6.07) is 8.19. The van der Waals surface area contributed by atoms with Gasteiger partial charge in [-0.15, -0.1) is 0 Å². The van der Waals surface area contributed by atoms with Crippen molar-refractivity contribution in [3.8, 4) is 5.75 Å². The summed E-state index contributed by atoms with van der Waals surface area (Å²) in [6.45, 7) is 6.30. The Morgan fingerprint density at radius 2 is 2.18 bits per heavy atom. The average Bonchev–Trinajstić information content (AvgIpc) is 2.40. The molecule has 0 atom stereocenters. The van der Waals surface area contributed by atoms with Crippen molar-refractivity contribution >= 4 is 0 Å². The Bertz CT molecular complexity index is 337. The van der Waals surface area contributed by atoms with Crippen LogP contribution in [-0.2, 0) is 6.54 Å². The van der Waals surface area contributed by atoms with E-state index in [4.69, 9.17) is 4.74 Å². The first-order valence-corrected chi connectivity index (χ1v) is 6.15. The van der Waals surface area contributed by atoms with Crippen molar-refractivity contribution in [1.29, 1.82) is 0 Å². The standard InChI is InChI=1S/C13H21N3O/c1-17-13-4-2-3-12(9-13)10-15-11-16-7-5-14-6-8-16/h2-4,9,14-15H,5-8,10-11H2,1H3. The fraction of sp³-hybridized carbons (Fsp3) is 0.538. The van der Waals surface area contributed by atoms with Gasteiger partial charge in [0.05, 0.1) is 7.11 Å². The van der Waals surface area contributed by atoms with Crippen molar-refractivity contribution in [3.05, 3.63) is 29.8 Å². The molecule has 17 heavy (non-hydrogen) atoms. The Labute approximate surface area is 103 Å². The van der Waals surface area contributed by atoms with Crippen LogP contribution >= 0.6 is 0 Å². The molecule has 1 heterocycles. The number of ether oxygens (including phenoxy) is 1. The Kier molecular flexibility index (Phi) is 4.79. The molecule has 0 bridgehead atoms. The van der Waals surface area contributed by atoms with E-state index in [1.807, 2.05) is 12.1 Å². The second-order valence-corrected chi connectivity index (χ2v) is 4.30. The predicted molar refractivity (Wildman–Crippen MR) is 69.1 cm³/mol. The van der Waals surface area contributed by atoms with Crippen LogP contribution in [0.5, 0.6) is 5.75 Å². The lowest BCUT2D eigenvalue weighted by Crippen LogP contribution is -2.46. The number of benzene rings is 1. The molecular weight excluding hydrogens is 214 g/mol. The van der Waals surface area contributed by atoms with Crippen LogP contribution in [0.3, 0.4) is 0 Å². The number of piperazine rings is 1. The summed E-state index contributed by atoms with van der Waals surface area (Å²) < 4.78 is 5.20. The molecule has 0 spiro atoms. The van der Waals surface area contributed by atoms with E-state index in [-0.39, 0.29) is 0 Å². The maximum absolute atomic E-state index is 5.20. The third-order valence-electron chi connectivity index (χ3n) is 3.01. The molecule has 1 aromatic rings. The first kappa shape index (κ1) is 12.4. The minimum absolute atomic E-state index is 0.890. The fourth-order valence-corrected chi connectivity index (χ4v) is 2.01. The van der Waals surface area contributed by atoms with Crippen LogP contribution in [0.4, 0.5) is 0 Å². The van der Waals surface area contributed by atoms with Crippen molar-refractivity contribution in [2.75, 3.05) is 40.0 Å². The van der Waals surface area contributed by atoms with Gasteiger partial charge in [-0.25, -0.2) is 0 Å². The van der Waals surface area contributed by atoms with Gasteiger partial charge in [-0.2, -0.15) is 0 Å². The molecule has 2 N–H and O–H groups in total. The zero-order valence-corrected chi connectivity index (χ0v) is 10.4. The lowest BCUT2D eigenvalue weighted by atomic mass is 10.2. The SMILES string of the molecule is COc1cccc(CNCN2CCNCC2)c1. The van der Waals surface area contributed by atoms with E-state index in [1.54, 1.807) is 7.11 Å². The Morgan fingerprint density at radius 1 is 1.35 bits per heavy atom. The van der Waals surface area contributed by atoms with E-state index in [2.05, 4.69) is 27.7 Å². The molecule has 0 radical (unpaired) electrons. The summed E-state index contributed by atoms with van der Waals surface area (Å²) in [6.07, 6.45) is 0. The molecule has 94 valence electrons. The molecule has 0 aromatic heterocycles. The molecule has 1 fully saturated rings. The number of nitrogens with zero attached hydrogens (tertiary/aromatic N) is 1. The largest absolute Gasteiger partial charge is 0.497 e. The van der Waals surface area contributed by atoms with E-state index in [0.29, 0.717) is 0 Å². The number of methoxy groups -OCH3 is 1. The molecule has 4 nitrogen and oxygen atoms in total. The second kappa shape index (κ2) is 6.59. The van der Waals surface area contributed by atoms with Crippen molar-refractivity contribution < 1.29 is 4.74 Å². The van der Waals surface area contributed by atoms with Crippen LogP contribution in [0, 0.1) is 0 Å². The summed E-state index contributed by atoms with van der Waals surface area (Å²) in [5.41, 5.74) is 1.26. The van der Waals surface area contributed by atoms with E-state index in [0.717, 1.165) is 45.1 Å². The number of hydrogen-bond donors (Lipinski definition) is 2. The normalized spacial score (nSPS) is 17.0. The number of hydrogen-bond acceptors (Lipinski definition) is 4. The van der Waals surface area contributed by atoms with Crippen LogP contribution in [0.1, 0.15) is 5.56 Å². The highest BCUT2D eigenvalue weighted by Gasteiger charge is 2.07. The van der Waals surface area contributed by atoms with Gasteiger partial charge in [0, 0.05) is 39.4 Å². The van der Waals surface area contributed by atoms with Gasteiger partial charge in [0.25, 0.3) is 0 Å². The molecule has 0 saturated carbocycles. The van der Waals surface area contributed by atoms with Gasteiger partial charge in [0.15, 0.2) is 0 Å². The summed E-state index contributed by atoms with van der Waals surface area (Å²) in [7, 11) is 1.70. The van der Waals surface area contributed by atoms with Gasteiger partial charge in [-0.1, -0.05) is 12.1 Å². The molecule has 1 aliphatic rings. The van der Waals surface area contributed by atoms with Gasteiger partial charge in [-0.3, -0.25) is 4.90 Å². The van der Waals surface area contributed by atoms with Crippen molar-refractivity contribution in [3.63, 3.8) is 0 Å². The summed E-state index contributed by atoms with van der Waals surface area (Å²) in [5.74, 6) is 0.923. The van der Waals surface area contributed by atoms with Gasteiger partial charge in [-0.05, 0) is 17.7 Å². The summed E-state index contributed by atoms with van der Waals surface area (Å²) in [5, 5.41) is 6.82. The zero-order valence-electron chi connectivity index (χ0n) is 10.4. The highest BCUT2D eigenvalue weighted by molar-refractivity contribution is 5.28. The summed E-state index contributed by atoms with van der Waals surface area (Å²) in [4.78, 5) is 2.43. The minimum atomic E-state index is 0.890. The lowest BCUT2D eigenvalue weighted by molar-refractivity contribution is 0.223. The highest BCUT2D eigenvalue weighted by Crippen LogP contribution is 2.11. The van der Waals surface area contributed by atoms with Gasteiger partial charge in [0.1, 0.15) is 5.75 Å². The van der Waals surface area contributed by atoms with Crippen molar-refractivity contribution in [1.82, 2.24) is 15.5 Å². The smallest absolute Gasteiger partial charge is 0.119 e. The Hall–Kier alpha value is -1.10. The first-order chi connectivity index (χ1) is 8.38. The third kappa shape index (κ3) is 4.00. The van der Waals surface area contributed by atoms with Crippen LogP contribution in [0.15, 0.2) is 24.3 Å². The second-order valence-electron chi connectivity index (χ2n) is 4.30. The fourth-order valence-electron chi connectivity index (χ4n) is 2.01. The van der Waals surface area contributed by atoms with E-state index in [9.17, 15) is 0 Å². The highest BCUT2D eigenvalue weighted by atomic mass is 16.5. The molecule has 4 heteroatoms. The van der Waals surface area contributed by atoms with Gasteiger partial charge in [0.2, 0.25) is 0 Å². The van der Waals surface area contributed by atoms with E-state index in [1.165, 1.54) is 5.56 Å². The first-order valence-electron chi connectivity index (χ1n) is 6.15. The van der Waals surface area contributed by atoms with Crippen molar-refractivity contribution in [2.24, 2.45) is 0 Å². The monoisotopic (exact) mass is 235 g/mol. The molecule has 1 saturated heterocycles. The predicted octanol–water partition coefficient (Wildman–Crippen LogP) is 0.648. The molecule has 2 rings (SSSR count). The molecule has 0 aliphatic carbocycles. The Balaban J connectivity index is 1.73. The van der Waals surface area contributed by atoms with Gasteiger partial charge >= 0.3 is 0 Å². The topological polar surface area (TPSA) is 36.5 Å². The number of nitrogens with one attached hydrogen (secondary N) is 2. The summed E-state index contributed by atoms with van der Waals surface area (Å²) >= 11 is 0. The molecule has 0 unspecified atom stereocenters. The average molecular weight is 235 g/mol. The maximum atomic E-state index is 5.20. The van der Waals surface area contributed by atoms with Crippen LogP contribution < -0.4 is 15.4 Å². The van der Waals surface area contributed by atoms with E-state index >= 15 is 0 Å². The van der Waals surface area contributed by atoms with Crippen LogP contribution in [-0.4, -0.2) is 44.9 Å². The molecular formula is C13H21N3O. The zero-order chi connectivity index (χ0) is 11.9. The maximum Gasteiger partial charge on any atom is 0.119 e. The van der Waals surface area contributed by atoms with Crippen molar-refractivity contribution in [2.45, 2.75) is 6.54 Å². The molecule has 1 aliphatic heterocycles. The van der Waals surface area contributed by atoms with Crippen LogP contribution in [0.25, 0.3) is 0 Å². The van der Waals surface area contributed by atoms with E-state index < -0.39 is 0 Å². The minimum Gasteiger partial charge on any atom is -0.497 e. The Morgan fingerprint density at radius 3 is 2.94 bits per heavy atom. The van der Waals surface area contributed by atoms with Crippen LogP contribution in [0.2, 0.25) is 0 Å². The number of rotatable bonds is 5. The molecule has 0 amide bonds. The third-order valence-corrected chi connectivity index (χ3v) is 3.01. The lowest BCUT2D eigenvalue weighted by Gasteiger charge is -2.27.